The highest BCUT2D eigenvalue weighted by Crippen LogP contribution is 2.50. The fraction of sp³-hybridized carbons (Fsp3) is 0. The van der Waals surface area contributed by atoms with E-state index in [1.165, 1.54) is 92.3 Å². The van der Waals surface area contributed by atoms with Gasteiger partial charge in [-0.25, -0.2) is 4.98 Å². The molecule has 0 saturated heterocycles. The lowest BCUT2D eigenvalue weighted by Gasteiger charge is -2.15. The van der Waals surface area contributed by atoms with Gasteiger partial charge < -0.3 is 0 Å². The summed E-state index contributed by atoms with van der Waals surface area (Å²) in [5.74, 6) is 0. The Morgan fingerprint density at radius 3 is 1.80 bits per heavy atom. The average molecular weight is 638 g/mol. The Morgan fingerprint density at radius 1 is 0.347 bits per heavy atom. The molecule has 0 N–H and O–H groups in total. The molecule has 1 aliphatic carbocycles. The van der Waals surface area contributed by atoms with Crippen molar-refractivity contribution >= 4 is 64.6 Å². The van der Waals surface area contributed by atoms with Gasteiger partial charge in [0.15, 0.2) is 0 Å². The van der Waals surface area contributed by atoms with Crippen molar-refractivity contribution in [2.45, 2.75) is 0 Å². The Hall–Kier alpha value is -6.09. The predicted octanol–water partition coefficient (Wildman–Crippen LogP) is 13.6. The summed E-state index contributed by atoms with van der Waals surface area (Å²) in [6.07, 6.45) is 0. The van der Waals surface area contributed by atoms with Crippen LogP contribution in [0.4, 0.5) is 0 Å². The summed E-state index contributed by atoms with van der Waals surface area (Å²) < 4.78 is 1.25. The van der Waals surface area contributed by atoms with E-state index in [-0.39, 0.29) is 0 Å². The number of hydrogen-bond acceptors (Lipinski definition) is 2. The first-order chi connectivity index (χ1) is 24.3. The van der Waals surface area contributed by atoms with Crippen molar-refractivity contribution in [2.24, 2.45) is 0 Å². The Kier molecular flexibility index (Phi) is 5.61. The van der Waals surface area contributed by atoms with Crippen molar-refractivity contribution in [1.82, 2.24) is 4.98 Å². The highest BCUT2D eigenvalue weighted by Gasteiger charge is 2.23. The van der Waals surface area contributed by atoms with Crippen LogP contribution >= 0.6 is 11.3 Å². The molecule has 0 amide bonds. The van der Waals surface area contributed by atoms with Gasteiger partial charge in [0.25, 0.3) is 0 Å². The Balaban J connectivity index is 1.08. The number of rotatable bonds is 3. The number of aromatic nitrogens is 1. The van der Waals surface area contributed by atoms with Crippen LogP contribution in [0.5, 0.6) is 0 Å². The first-order valence-electron chi connectivity index (χ1n) is 16.8. The quantitative estimate of drug-likeness (QED) is 0.176. The van der Waals surface area contributed by atoms with Crippen molar-refractivity contribution in [2.75, 3.05) is 0 Å². The Labute approximate surface area is 287 Å². The summed E-state index contributed by atoms with van der Waals surface area (Å²) in [4.78, 5) is 5.03. The molecule has 0 saturated carbocycles. The van der Waals surface area contributed by atoms with E-state index in [1.807, 2.05) is 0 Å². The summed E-state index contributed by atoms with van der Waals surface area (Å²) in [6.45, 7) is 0. The second-order valence-electron chi connectivity index (χ2n) is 13.0. The maximum Gasteiger partial charge on any atom is 0.124 e. The zero-order chi connectivity index (χ0) is 32.1. The van der Waals surface area contributed by atoms with Crippen LogP contribution in [0.3, 0.4) is 0 Å². The smallest absolute Gasteiger partial charge is 0.124 e. The topological polar surface area (TPSA) is 12.9 Å². The van der Waals surface area contributed by atoms with Crippen LogP contribution in [0, 0.1) is 0 Å². The first-order valence-corrected chi connectivity index (χ1v) is 17.6. The SMILES string of the molecule is c1ccc(-c2nc3ccc4ccc5cc(-c6ccc(-c7ccc8c9c(cccc79)-c7ccccc7-8)c7ccccc67)ccc5c4c3s2)cc1. The lowest BCUT2D eigenvalue weighted by Crippen LogP contribution is -1.88. The van der Waals surface area contributed by atoms with Crippen LogP contribution in [0.2, 0.25) is 0 Å². The number of nitrogens with zero attached hydrogens (tertiary/aromatic N) is 1. The lowest BCUT2D eigenvalue weighted by molar-refractivity contribution is 1.48. The third-order valence-electron chi connectivity index (χ3n) is 10.4. The highest BCUT2D eigenvalue weighted by molar-refractivity contribution is 7.22. The monoisotopic (exact) mass is 637 g/mol. The van der Waals surface area contributed by atoms with Gasteiger partial charge in [-0.05, 0) is 94.3 Å². The molecule has 1 nitrogen and oxygen atoms in total. The molecule has 1 aromatic heterocycles. The number of thiazole rings is 1. The predicted molar refractivity (Wildman–Crippen MR) is 210 cm³/mol. The minimum atomic E-state index is 1.06. The standard InChI is InChI=1S/C47H27NS/c1-2-9-29(10-3-1)47-48-43-26-20-28-17-18-31-27-30(19-21-33(31)44(28)46(43)49-47)32-22-23-38(35-12-5-4-11-34(32)35)39-24-25-42-37-14-7-6-13-36(37)40-15-8-16-41(39)45(40)42/h1-27H. The van der Waals surface area contributed by atoms with Gasteiger partial charge in [0.2, 0.25) is 0 Å². The van der Waals surface area contributed by atoms with Gasteiger partial charge in [-0.1, -0.05) is 152 Å². The van der Waals surface area contributed by atoms with Crippen LogP contribution in [-0.4, -0.2) is 4.98 Å². The van der Waals surface area contributed by atoms with E-state index in [1.54, 1.807) is 11.3 Å². The molecule has 2 heteroatoms. The fourth-order valence-corrected chi connectivity index (χ4v) is 9.37. The summed E-state index contributed by atoms with van der Waals surface area (Å²) in [5.41, 5.74) is 12.6. The Bertz CT molecular complexity index is 2960. The molecule has 11 rings (SSSR count). The number of fused-ring (bicyclic) bond motifs is 9. The molecule has 0 fully saturated rings. The van der Waals surface area contributed by atoms with E-state index in [2.05, 4.69) is 164 Å². The van der Waals surface area contributed by atoms with Crippen molar-refractivity contribution < 1.29 is 0 Å². The van der Waals surface area contributed by atoms with Crippen molar-refractivity contribution in [3.05, 3.63) is 164 Å². The molecule has 0 spiro atoms. The van der Waals surface area contributed by atoms with E-state index < -0.39 is 0 Å². The fourth-order valence-electron chi connectivity index (χ4n) is 8.23. The number of benzene rings is 9. The highest BCUT2D eigenvalue weighted by atomic mass is 32.1. The van der Waals surface area contributed by atoms with Gasteiger partial charge in [-0.15, -0.1) is 11.3 Å². The van der Waals surface area contributed by atoms with E-state index in [4.69, 9.17) is 4.98 Å². The molecule has 1 aliphatic rings. The van der Waals surface area contributed by atoms with Gasteiger partial charge in [0, 0.05) is 10.9 Å². The first kappa shape index (κ1) is 26.9. The largest absolute Gasteiger partial charge is 0.236 e. The molecule has 0 atom stereocenters. The summed E-state index contributed by atoms with van der Waals surface area (Å²) >= 11 is 1.79. The molecule has 1 heterocycles. The minimum absolute atomic E-state index is 1.06. The van der Waals surface area contributed by atoms with Crippen LogP contribution in [0.1, 0.15) is 0 Å². The van der Waals surface area contributed by atoms with Crippen LogP contribution < -0.4 is 0 Å². The van der Waals surface area contributed by atoms with E-state index >= 15 is 0 Å². The second kappa shape index (κ2) is 10.2. The summed E-state index contributed by atoms with van der Waals surface area (Å²) in [5, 5.41) is 11.3. The molecule has 226 valence electrons. The molecule has 0 radical (unpaired) electrons. The lowest BCUT2D eigenvalue weighted by atomic mass is 9.88. The molecule has 49 heavy (non-hydrogen) atoms. The van der Waals surface area contributed by atoms with Crippen LogP contribution in [0.25, 0.3) is 108 Å². The second-order valence-corrected chi connectivity index (χ2v) is 14.0. The van der Waals surface area contributed by atoms with Gasteiger partial charge in [-0.2, -0.15) is 0 Å². The zero-order valence-corrected chi connectivity index (χ0v) is 27.3. The van der Waals surface area contributed by atoms with E-state index in [0.717, 1.165) is 16.1 Å². The van der Waals surface area contributed by atoms with Gasteiger partial charge in [-0.3, -0.25) is 0 Å². The third kappa shape index (κ3) is 3.90. The van der Waals surface area contributed by atoms with Crippen molar-refractivity contribution in [1.29, 1.82) is 0 Å². The normalized spacial score (nSPS) is 12.1. The summed E-state index contributed by atoms with van der Waals surface area (Å²) in [7, 11) is 0. The third-order valence-corrected chi connectivity index (χ3v) is 11.6. The molecule has 0 unspecified atom stereocenters. The Morgan fingerprint density at radius 2 is 0.959 bits per heavy atom. The average Bonchev–Trinajstić information content (AvgIpc) is 3.76. The van der Waals surface area contributed by atoms with Crippen molar-refractivity contribution in [3.63, 3.8) is 0 Å². The summed E-state index contributed by atoms with van der Waals surface area (Å²) in [6, 6.07) is 60.2. The molecule has 0 aliphatic heterocycles. The molecule has 0 bridgehead atoms. The van der Waals surface area contributed by atoms with Gasteiger partial charge in [0.1, 0.15) is 5.01 Å². The van der Waals surface area contributed by atoms with E-state index in [0.29, 0.717) is 0 Å². The maximum atomic E-state index is 5.03. The minimum Gasteiger partial charge on any atom is -0.236 e. The van der Waals surface area contributed by atoms with Crippen LogP contribution in [-0.2, 0) is 0 Å². The zero-order valence-electron chi connectivity index (χ0n) is 26.4. The maximum absolute atomic E-state index is 5.03. The van der Waals surface area contributed by atoms with Gasteiger partial charge in [0.05, 0.1) is 10.2 Å². The van der Waals surface area contributed by atoms with Crippen molar-refractivity contribution in [3.8, 4) is 55.1 Å². The molecular weight excluding hydrogens is 611 g/mol. The van der Waals surface area contributed by atoms with E-state index in [9.17, 15) is 0 Å². The number of hydrogen-bond donors (Lipinski definition) is 0. The van der Waals surface area contributed by atoms with Gasteiger partial charge >= 0.3 is 0 Å². The molecule has 9 aromatic carbocycles. The molecular formula is C47H27NS. The molecule has 10 aromatic rings. The van der Waals surface area contributed by atoms with Crippen LogP contribution in [0.15, 0.2) is 164 Å².